The first-order chi connectivity index (χ1) is 12.1. The van der Waals surface area contributed by atoms with Crippen LogP contribution in [-0.4, -0.2) is 38.2 Å². The highest BCUT2D eigenvalue weighted by Gasteiger charge is 2.64. The molecule has 0 bridgehead atoms. The van der Waals surface area contributed by atoms with Gasteiger partial charge in [0.05, 0.1) is 25.6 Å². The predicted molar refractivity (Wildman–Crippen MR) is 91.9 cm³/mol. The van der Waals surface area contributed by atoms with E-state index in [0.717, 1.165) is 17.7 Å². The molecular formula is C20H24O5. The van der Waals surface area contributed by atoms with Crippen LogP contribution in [0.5, 0.6) is 0 Å². The van der Waals surface area contributed by atoms with Crippen molar-refractivity contribution in [3.05, 3.63) is 47.7 Å². The highest BCUT2D eigenvalue weighted by Crippen LogP contribution is 2.52. The molecule has 0 amide bonds. The lowest BCUT2D eigenvalue weighted by molar-refractivity contribution is -0.147. The summed E-state index contributed by atoms with van der Waals surface area (Å²) in [5.41, 5.74) is 0.174. The first kappa shape index (κ1) is 17.7. The predicted octanol–water partition coefficient (Wildman–Crippen LogP) is 2.79. The Balaban J connectivity index is 1.85. The summed E-state index contributed by atoms with van der Waals surface area (Å²) in [6, 6.07) is 9.76. The van der Waals surface area contributed by atoms with Crippen LogP contribution in [0.4, 0.5) is 0 Å². The minimum absolute atomic E-state index is 0.0180. The zero-order chi connectivity index (χ0) is 17.9. The van der Waals surface area contributed by atoms with Crippen LogP contribution in [0.2, 0.25) is 0 Å². The molecule has 134 valence electrons. The average Bonchev–Trinajstić information content (AvgIpc) is 3.08. The van der Waals surface area contributed by atoms with Crippen LogP contribution in [0.25, 0.3) is 0 Å². The van der Waals surface area contributed by atoms with Gasteiger partial charge in [0.25, 0.3) is 0 Å². The molecular weight excluding hydrogens is 320 g/mol. The number of benzene rings is 1. The first-order valence-corrected chi connectivity index (χ1v) is 8.70. The average molecular weight is 344 g/mol. The Kier molecular flexibility index (Phi) is 5.23. The van der Waals surface area contributed by atoms with Gasteiger partial charge in [-0.3, -0.25) is 9.59 Å². The molecule has 25 heavy (non-hydrogen) atoms. The highest BCUT2D eigenvalue weighted by atomic mass is 16.5. The monoisotopic (exact) mass is 344 g/mol. The summed E-state index contributed by atoms with van der Waals surface area (Å²) in [4.78, 5) is 23.9. The Bertz CT molecular complexity index is 666. The van der Waals surface area contributed by atoms with Gasteiger partial charge in [-0.2, -0.15) is 0 Å². The smallest absolute Gasteiger partial charge is 0.302 e. The fraction of sp³-hybridized carbons (Fsp3) is 0.500. The molecule has 1 aromatic rings. The van der Waals surface area contributed by atoms with E-state index in [9.17, 15) is 9.59 Å². The van der Waals surface area contributed by atoms with Gasteiger partial charge in [-0.15, -0.1) is 0 Å². The van der Waals surface area contributed by atoms with Crippen molar-refractivity contribution < 1.29 is 23.8 Å². The molecule has 1 heterocycles. The van der Waals surface area contributed by atoms with Crippen LogP contribution in [0.15, 0.2) is 42.2 Å². The number of allylic oxidation sites excluding steroid dienone is 1. The van der Waals surface area contributed by atoms with E-state index in [1.807, 2.05) is 36.4 Å². The number of hydrogen-bond acceptors (Lipinski definition) is 5. The van der Waals surface area contributed by atoms with Gasteiger partial charge in [-0.05, 0) is 24.5 Å². The van der Waals surface area contributed by atoms with E-state index < -0.39 is 5.41 Å². The molecule has 0 radical (unpaired) electrons. The molecule has 3 rings (SSSR count). The number of Topliss-reactive ketones (excluding diaryl/α,β-unsaturated/α-hetero) is 1. The van der Waals surface area contributed by atoms with Crippen LogP contribution >= 0.6 is 0 Å². The second-order valence-electron chi connectivity index (χ2n) is 6.54. The first-order valence-electron chi connectivity index (χ1n) is 8.70. The lowest BCUT2D eigenvalue weighted by Crippen LogP contribution is -2.62. The Labute approximate surface area is 148 Å². The van der Waals surface area contributed by atoms with Gasteiger partial charge in [0.2, 0.25) is 0 Å². The zero-order valence-corrected chi connectivity index (χ0v) is 14.7. The minimum Gasteiger partial charge on any atom is -0.501 e. The molecule has 1 aliphatic carbocycles. The summed E-state index contributed by atoms with van der Waals surface area (Å²) < 4.78 is 16.4. The molecule has 0 N–H and O–H groups in total. The van der Waals surface area contributed by atoms with Crippen molar-refractivity contribution in [2.75, 3.05) is 20.3 Å². The summed E-state index contributed by atoms with van der Waals surface area (Å²) in [5.74, 6) is 0.615. The van der Waals surface area contributed by atoms with Crippen LogP contribution in [0.3, 0.4) is 0 Å². The molecule has 5 heteroatoms. The number of fused-ring (bicyclic) bond motifs is 1. The number of methoxy groups -OCH3 is 1. The van der Waals surface area contributed by atoms with Crippen molar-refractivity contribution in [2.24, 2.45) is 5.92 Å². The molecule has 1 aliphatic heterocycles. The van der Waals surface area contributed by atoms with Crippen molar-refractivity contribution in [3.8, 4) is 0 Å². The number of ketones is 1. The summed E-state index contributed by atoms with van der Waals surface area (Å²) in [5, 5.41) is 0. The fourth-order valence-electron chi connectivity index (χ4n) is 3.86. The highest BCUT2D eigenvalue weighted by molar-refractivity contribution is 6.02. The third-order valence-electron chi connectivity index (χ3n) is 5.06. The lowest BCUT2D eigenvalue weighted by atomic mass is 9.55. The molecule has 5 nitrogen and oxygen atoms in total. The van der Waals surface area contributed by atoms with E-state index in [1.165, 1.54) is 6.92 Å². The zero-order valence-electron chi connectivity index (χ0n) is 14.7. The van der Waals surface area contributed by atoms with Crippen LogP contribution in [0.1, 0.15) is 31.7 Å². The maximum Gasteiger partial charge on any atom is 0.302 e. The second-order valence-corrected chi connectivity index (χ2v) is 6.54. The Morgan fingerprint density at radius 1 is 1.36 bits per heavy atom. The van der Waals surface area contributed by atoms with Gasteiger partial charge in [0, 0.05) is 25.9 Å². The maximum atomic E-state index is 13.0. The number of esters is 1. The Morgan fingerprint density at radius 2 is 2.12 bits per heavy atom. The van der Waals surface area contributed by atoms with Crippen molar-refractivity contribution in [1.29, 1.82) is 0 Å². The van der Waals surface area contributed by atoms with Crippen molar-refractivity contribution in [3.63, 3.8) is 0 Å². The number of ether oxygens (including phenoxy) is 3. The maximum absolute atomic E-state index is 13.0. The summed E-state index contributed by atoms with van der Waals surface area (Å²) in [6.07, 6.45) is 3.84. The van der Waals surface area contributed by atoms with E-state index in [1.54, 1.807) is 7.11 Å². The Morgan fingerprint density at radius 3 is 2.80 bits per heavy atom. The topological polar surface area (TPSA) is 61.8 Å². The Hall–Kier alpha value is -2.14. The SMILES string of the molecule is CO/C(=C/[C@@]1(c2ccccc2)C(=O)[C@@H]2CCO[C@@H]21)CCCOC(C)=O. The van der Waals surface area contributed by atoms with Gasteiger partial charge in [-0.1, -0.05) is 30.3 Å². The van der Waals surface area contributed by atoms with Crippen LogP contribution in [0, 0.1) is 5.92 Å². The summed E-state index contributed by atoms with van der Waals surface area (Å²) >= 11 is 0. The number of carbonyl (C=O) groups excluding carboxylic acids is 2. The number of carbonyl (C=O) groups is 2. The van der Waals surface area contributed by atoms with E-state index >= 15 is 0 Å². The molecule has 3 atom stereocenters. The number of hydrogen-bond donors (Lipinski definition) is 0. The van der Waals surface area contributed by atoms with Crippen molar-refractivity contribution in [1.82, 2.24) is 0 Å². The second kappa shape index (κ2) is 7.40. The van der Waals surface area contributed by atoms with Crippen molar-refractivity contribution in [2.45, 2.75) is 37.7 Å². The normalized spacial score (nSPS) is 28.2. The molecule has 1 saturated carbocycles. The largest absolute Gasteiger partial charge is 0.501 e. The molecule has 2 fully saturated rings. The van der Waals surface area contributed by atoms with E-state index in [-0.39, 0.29) is 23.8 Å². The van der Waals surface area contributed by atoms with Gasteiger partial charge >= 0.3 is 5.97 Å². The van der Waals surface area contributed by atoms with Crippen molar-refractivity contribution >= 4 is 11.8 Å². The molecule has 1 saturated heterocycles. The quantitative estimate of drug-likeness (QED) is 0.432. The van der Waals surface area contributed by atoms with Gasteiger partial charge in [-0.25, -0.2) is 0 Å². The van der Waals surface area contributed by atoms with Crippen LogP contribution < -0.4 is 0 Å². The number of rotatable bonds is 7. The van der Waals surface area contributed by atoms with Gasteiger partial charge in [0.15, 0.2) is 5.78 Å². The third-order valence-corrected chi connectivity index (χ3v) is 5.06. The molecule has 0 aromatic heterocycles. The van der Waals surface area contributed by atoms with E-state index in [4.69, 9.17) is 14.2 Å². The van der Waals surface area contributed by atoms with Crippen LogP contribution in [-0.2, 0) is 29.2 Å². The molecule has 2 aliphatic rings. The standard InChI is InChI=1S/C20H24O5/c1-14(21)24-11-6-9-16(23-2)13-20(15-7-4-3-5-8-15)18(22)17-10-12-25-19(17)20/h3-5,7-8,13,17,19H,6,9-12H2,1-2H3/b16-13+/t17-,19-,20+/m0/s1. The van der Waals surface area contributed by atoms with Gasteiger partial charge < -0.3 is 14.2 Å². The molecule has 1 aromatic carbocycles. The summed E-state index contributed by atoms with van der Waals surface area (Å²) in [6.45, 7) is 2.35. The van der Waals surface area contributed by atoms with E-state index in [0.29, 0.717) is 26.1 Å². The minimum atomic E-state index is -0.769. The fourth-order valence-corrected chi connectivity index (χ4v) is 3.86. The molecule has 0 unspecified atom stereocenters. The summed E-state index contributed by atoms with van der Waals surface area (Å²) in [7, 11) is 1.60. The molecule has 0 spiro atoms. The lowest BCUT2D eigenvalue weighted by Gasteiger charge is -2.48. The third kappa shape index (κ3) is 3.21. The van der Waals surface area contributed by atoms with Gasteiger partial charge in [0.1, 0.15) is 5.41 Å². The van der Waals surface area contributed by atoms with E-state index in [2.05, 4.69) is 0 Å².